The number of rotatable bonds is 5. The van der Waals surface area contributed by atoms with Crippen LogP contribution in [0, 0.1) is 5.41 Å². The van der Waals surface area contributed by atoms with Gasteiger partial charge in [0, 0.05) is 55.4 Å². The molecule has 0 radical (unpaired) electrons. The van der Waals surface area contributed by atoms with Crippen LogP contribution in [0.15, 0.2) is 29.9 Å². The summed E-state index contributed by atoms with van der Waals surface area (Å²) >= 11 is 1.83. The molecule has 0 aliphatic carbocycles. The zero-order chi connectivity index (χ0) is 17.3. The third-order valence-corrected chi connectivity index (χ3v) is 5.81. The van der Waals surface area contributed by atoms with E-state index in [-0.39, 0.29) is 5.97 Å². The normalized spacial score (nSPS) is 19.2. The van der Waals surface area contributed by atoms with Gasteiger partial charge >= 0.3 is 5.97 Å². The fourth-order valence-corrected chi connectivity index (χ4v) is 4.55. The van der Waals surface area contributed by atoms with E-state index < -0.39 is 0 Å². The fourth-order valence-electron chi connectivity index (χ4n) is 3.81. The van der Waals surface area contributed by atoms with Crippen LogP contribution in [0.1, 0.15) is 28.6 Å². The average Bonchev–Trinajstić information content (AvgIpc) is 3.25. The molecule has 0 N–H and O–H groups in total. The number of carbonyl (C=O) groups excluding carboxylic acids is 1. The van der Waals surface area contributed by atoms with Crippen LogP contribution in [0.4, 0.5) is 5.95 Å². The molecule has 4 rings (SSSR count). The zero-order valence-electron chi connectivity index (χ0n) is 14.4. The number of likely N-dealkylation sites (tertiary alicyclic amines) is 1. The average molecular weight is 358 g/mol. The van der Waals surface area contributed by atoms with Crippen molar-refractivity contribution in [3.8, 4) is 0 Å². The predicted octanol–water partition coefficient (Wildman–Crippen LogP) is 2.43. The predicted molar refractivity (Wildman–Crippen MR) is 96.8 cm³/mol. The number of hydrogen-bond acceptors (Lipinski definition) is 7. The van der Waals surface area contributed by atoms with Gasteiger partial charge in [0.2, 0.25) is 5.95 Å². The summed E-state index contributed by atoms with van der Waals surface area (Å²) in [5.41, 5.74) is 0.783. The Kier molecular flexibility index (Phi) is 4.43. The van der Waals surface area contributed by atoms with Crippen molar-refractivity contribution in [3.05, 3.63) is 40.3 Å². The second-order valence-corrected chi connectivity index (χ2v) is 7.92. The second-order valence-electron chi connectivity index (χ2n) is 6.89. The summed E-state index contributed by atoms with van der Waals surface area (Å²) < 4.78 is 4.97. The molecule has 2 aromatic heterocycles. The van der Waals surface area contributed by atoms with E-state index in [2.05, 4.69) is 37.3 Å². The van der Waals surface area contributed by atoms with Crippen molar-refractivity contribution in [2.75, 3.05) is 37.7 Å². The summed E-state index contributed by atoms with van der Waals surface area (Å²) in [5.74, 6) is 0.344. The molecule has 0 unspecified atom stereocenters. The minimum atomic E-state index is -0.366. The summed E-state index contributed by atoms with van der Waals surface area (Å²) in [6.07, 6.45) is 4.31. The molecule has 0 amide bonds. The Morgan fingerprint density at radius 1 is 1.32 bits per heavy atom. The molecule has 2 aliphatic heterocycles. The van der Waals surface area contributed by atoms with Gasteiger partial charge in [-0.2, -0.15) is 0 Å². The van der Waals surface area contributed by atoms with Gasteiger partial charge in [0.05, 0.1) is 12.2 Å². The lowest BCUT2D eigenvalue weighted by molar-refractivity contribution is 0.0124. The molecule has 2 aliphatic rings. The molecule has 2 saturated heterocycles. The van der Waals surface area contributed by atoms with E-state index in [1.165, 1.54) is 11.3 Å². The maximum atomic E-state index is 11.7. The number of ether oxygens (including phenoxy) is 1. The Labute approximate surface area is 151 Å². The Morgan fingerprint density at radius 2 is 2.12 bits per heavy atom. The van der Waals surface area contributed by atoms with Crippen LogP contribution in [0.25, 0.3) is 0 Å². The van der Waals surface area contributed by atoms with Crippen LogP contribution >= 0.6 is 11.3 Å². The molecule has 2 fully saturated rings. The highest BCUT2D eigenvalue weighted by atomic mass is 32.1. The largest absolute Gasteiger partial charge is 0.462 e. The quantitative estimate of drug-likeness (QED) is 0.765. The van der Waals surface area contributed by atoms with Gasteiger partial charge in [0.15, 0.2) is 0 Å². The molecule has 0 bridgehead atoms. The monoisotopic (exact) mass is 358 g/mol. The molecule has 6 nitrogen and oxygen atoms in total. The molecule has 1 spiro atoms. The van der Waals surface area contributed by atoms with E-state index in [4.69, 9.17) is 4.74 Å². The van der Waals surface area contributed by atoms with E-state index in [0.717, 1.165) is 32.7 Å². The van der Waals surface area contributed by atoms with Gasteiger partial charge in [-0.15, -0.1) is 11.3 Å². The topological polar surface area (TPSA) is 58.6 Å². The Hall–Kier alpha value is -1.99. The molecular weight excluding hydrogens is 336 g/mol. The number of aromatic nitrogens is 2. The molecular formula is C18H22N4O2S. The SMILES string of the molecule is CCOC(=O)c1cnc(N2CCC3(CN(Cc4cccs4)C3)C2)nc1. The van der Waals surface area contributed by atoms with E-state index in [1.807, 2.05) is 11.3 Å². The minimum absolute atomic E-state index is 0.358. The highest BCUT2D eigenvalue weighted by Gasteiger charge is 2.47. The Balaban J connectivity index is 1.33. The highest BCUT2D eigenvalue weighted by molar-refractivity contribution is 7.09. The lowest BCUT2D eigenvalue weighted by Crippen LogP contribution is -2.56. The van der Waals surface area contributed by atoms with E-state index in [1.54, 1.807) is 19.3 Å². The number of esters is 1. The van der Waals surface area contributed by atoms with Gasteiger partial charge in [-0.25, -0.2) is 14.8 Å². The Morgan fingerprint density at radius 3 is 2.80 bits per heavy atom. The van der Waals surface area contributed by atoms with E-state index in [9.17, 15) is 4.79 Å². The van der Waals surface area contributed by atoms with Crippen LogP contribution in [0.2, 0.25) is 0 Å². The van der Waals surface area contributed by atoms with Crippen molar-refractivity contribution in [2.45, 2.75) is 19.9 Å². The molecule has 0 saturated carbocycles. The summed E-state index contributed by atoms with van der Waals surface area (Å²) in [6.45, 7) is 7.46. The zero-order valence-corrected chi connectivity index (χ0v) is 15.2. The molecule has 25 heavy (non-hydrogen) atoms. The summed E-state index contributed by atoms with van der Waals surface area (Å²) in [4.78, 5) is 26.6. The first-order valence-corrected chi connectivity index (χ1v) is 9.54. The molecule has 4 heterocycles. The van der Waals surface area contributed by atoms with Crippen LogP contribution in [-0.4, -0.2) is 53.6 Å². The fraction of sp³-hybridized carbons (Fsp3) is 0.500. The molecule has 0 atom stereocenters. The first-order chi connectivity index (χ1) is 12.2. The van der Waals surface area contributed by atoms with Crippen LogP contribution in [0.3, 0.4) is 0 Å². The van der Waals surface area contributed by atoms with Crippen molar-refractivity contribution in [2.24, 2.45) is 5.41 Å². The Bertz CT molecular complexity index is 726. The molecule has 0 aromatic carbocycles. The van der Waals surface area contributed by atoms with Gasteiger partial charge in [-0.1, -0.05) is 6.07 Å². The number of anilines is 1. The van der Waals surface area contributed by atoms with Gasteiger partial charge in [-0.05, 0) is 24.8 Å². The second kappa shape index (κ2) is 6.72. The van der Waals surface area contributed by atoms with Crippen molar-refractivity contribution in [1.29, 1.82) is 0 Å². The standard InChI is InChI=1S/C18H22N4O2S/c1-2-24-16(23)14-8-19-17(20-9-14)22-6-5-18(13-22)11-21(12-18)10-15-4-3-7-25-15/h3-4,7-9H,2,5-6,10-13H2,1H3. The lowest BCUT2D eigenvalue weighted by atomic mass is 9.79. The van der Waals surface area contributed by atoms with Gasteiger partial charge in [-0.3, -0.25) is 4.90 Å². The first-order valence-electron chi connectivity index (χ1n) is 8.66. The third kappa shape index (κ3) is 3.39. The molecule has 7 heteroatoms. The van der Waals surface area contributed by atoms with Gasteiger partial charge in [0.1, 0.15) is 0 Å². The van der Waals surface area contributed by atoms with E-state index in [0.29, 0.717) is 23.5 Å². The maximum absolute atomic E-state index is 11.7. The van der Waals surface area contributed by atoms with Crippen molar-refractivity contribution in [3.63, 3.8) is 0 Å². The number of nitrogens with zero attached hydrogens (tertiary/aromatic N) is 4. The van der Waals surface area contributed by atoms with E-state index >= 15 is 0 Å². The summed E-state index contributed by atoms with van der Waals surface area (Å²) in [7, 11) is 0. The lowest BCUT2D eigenvalue weighted by Gasteiger charge is -2.48. The van der Waals surface area contributed by atoms with Crippen LogP contribution in [0.5, 0.6) is 0 Å². The number of thiophene rings is 1. The maximum Gasteiger partial charge on any atom is 0.341 e. The smallest absolute Gasteiger partial charge is 0.341 e. The van der Waals surface area contributed by atoms with Crippen molar-refractivity contribution in [1.82, 2.24) is 14.9 Å². The van der Waals surface area contributed by atoms with Crippen LogP contribution < -0.4 is 4.90 Å². The number of hydrogen-bond donors (Lipinski definition) is 0. The molecule has 2 aromatic rings. The van der Waals surface area contributed by atoms with Crippen molar-refractivity contribution < 1.29 is 9.53 Å². The minimum Gasteiger partial charge on any atom is -0.462 e. The van der Waals surface area contributed by atoms with Crippen molar-refractivity contribution >= 4 is 23.3 Å². The summed E-state index contributed by atoms with van der Waals surface area (Å²) in [6, 6.07) is 4.32. The van der Waals surface area contributed by atoms with Gasteiger partial charge in [0.25, 0.3) is 0 Å². The third-order valence-electron chi connectivity index (χ3n) is 4.95. The summed E-state index contributed by atoms with van der Waals surface area (Å²) in [5, 5.41) is 2.14. The first kappa shape index (κ1) is 16.5. The van der Waals surface area contributed by atoms with Crippen LogP contribution in [-0.2, 0) is 11.3 Å². The number of carbonyl (C=O) groups is 1. The highest BCUT2D eigenvalue weighted by Crippen LogP contribution is 2.41. The van der Waals surface area contributed by atoms with Gasteiger partial charge < -0.3 is 9.64 Å². The molecule has 132 valence electrons.